The Balaban J connectivity index is 1.64. The summed E-state index contributed by atoms with van der Waals surface area (Å²) in [5.41, 5.74) is -0.507. The number of pyridine rings is 1. The molecule has 0 bridgehead atoms. The van der Waals surface area contributed by atoms with E-state index in [9.17, 15) is 27.6 Å². The Hall–Kier alpha value is -4.08. The first-order valence-corrected chi connectivity index (χ1v) is 9.01. The minimum absolute atomic E-state index is 0.294. The highest BCUT2D eigenvalue weighted by molar-refractivity contribution is 6.00. The van der Waals surface area contributed by atoms with Crippen molar-refractivity contribution in [3.05, 3.63) is 88.8 Å². The van der Waals surface area contributed by atoms with E-state index in [2.05, 4.69) is 16.0 Å². The summed E-state index contributed by atoms with van der Waals surface area (Å²) < 4.78 is 39.1. The number of alkyl halides is 3. The van der Waals surface area contributed by atoms with Crippen molar-refractivity contribution in [2.45, 2.75) is 12.7 Å². The number of hydrogen-bond acceptors (Lipinski definition) is 3. The SMILES string of the molecule is O=C(Cn1cc(C(F)(F)F)ccc1=O)Nc1cccc(NC(=O)Nc2ccccc2)c1. The van der Waals surface area contributed by atoms with Crippen molar-refractivity contribution in [1.82, 2.24) is 4.57 Å². The molecule has 160 valence electrons. The predicted octanol–water partition coefficient (Wildman–Crippen LogP) is 4.15. The van der Waals surface area contributed by atoms with Gasteiger partial charge in [0.15, 0.2) is 0 Å². The summed E-state index contributed by atoms with van der Waals surface area (Å²) in [6, 6.07) is 15.9. The maximum Gasteiger partial charge on any atom is 0.417 e. The Labute approximate surface area is 174 Å². The molecule has 0 aliphatic heterocycles. The Bertz CT molecular complexity index is 1140. The first-order valence-electron chi connectivity index (χ1n) is 9.01. The maximum atomic E-state index is 12.8. The first-order chi connectivity index (χ1) is 14.7. The van der Waals surface area contributed by atoms with Crippen LogP contribution in [0.5, 0.6) is 0 Å². The summed E-state index contributed by atoms with van der Waals surface area (Å²) in [5, 5.41) is 7.73. The van der Waals surface area contributed by atoms with Crippen molar-refractivity contribution in [3.8, 4) is 0 Å². The zero-order chi connectivity index (χ0) is 22.4. The van der Waals surface area contributed by atoms with Gasteiger partial charge in [-0.05, 0) is 36.4 Å². The third-order valence-corrected chi connectivity index (χ3v) is 4.06. The molecule has 10 heteroatoms. The molecule has 1 aromatic heterocycles. The zero-order valence-corrected chi connectivity index (χ0v) is 15.9. The number of nitrogens with zero attached hydrogens (tertiary/aromatic N) is 1. The van der Waals surface area contributed by atoms with E-state index in [1.807, 2.05) is 6.07 Å². The number of nitrogens with one attached hydrogen (secondary N) is 3. The topological polar surface area (TPSA) is 92.2 Å². The van der Waals surface area contributed by atoms with Crippen molar-refractivity contribution in [2.75, 3.05) is 16.0 Å². The van der Waals surface area contributed by atoms with Crippen LogP contribution in [0.2, 0.25) is 0 Å². The lowest BCUT2D eigenvalue weighted by molar-refractivity contribution is -0.138. The molecule has 31 heavy (non-hydrogen) atoms. The second-order valence-electron chi connectivity index (χ2n) is 6.46. The van der Waals surface area contributed by atoms with Crippen molar-refractivity contribution in [2.24, 2.45) is 0 Å². The van der Waals surface area contributed by atoms with Crippen LogP contribution < -0.4 is 21.5 Å². The molecule has 7 nitrogen and oxygen atoms in total. The van der Waals surface area contributed by atoms with Gasteiger partial charge in [-0.15, -0.1) is 0 Å². The highest BCUT2D eigenvalue weighted by Crippen LogP contribution is 2.28. The number of para-hydroxylation sites is 1. The van der Waals surface area contributed by atoms with Crippen LogP contribution >= 0.6 is 0 Å². The third-order valence-electron chi connectivity index (χ3n) is 4.06. The summed E-state index contributed by atoms with van der Waals surface area (Å²) in [6.45, 7) is -0.602. The van der Waals surface area contributed by atoms with Gasteiger partial charge in [0.25, 0.3) is 5.56 Å². The van der Waals surface area contributed by atoms with Crippen LogP contribution in [0.15, 0.2) is 77.7 Å². The Morgan fingerprint density at radius 2 is 1.42 bits per heavy atom. The average Bonchev–Trinajstić information content (AvgIpc) is 2.69. The van der Waals surface area contributed by atoms with Crippen LogP contribution in [-0.4, -0.2) is 16.5 Å². The van der Waals surface area contributed by atoms with Gasteiger partial charge in [-0.3, -0.25) is 9.59 Å². The number of carbonyl (C=O) groups excluding carboxylic acids is 2. The van der Waals surface area contributed by atoms with Gasteiger partial charge in [0, 0.05) is 29.3 Å². The van der Waals surface area contributed by atoms with Gasteiger partial charge in [0.2, 0.25) is 5.91 Å². The highest BCUT2D eigenvalue weighted by Gasteiger charge is 2.31. The number of anilines is 3. The smallest absolute Gasteiger partial charge is 0.324 e. The van der Waals surface area contributed by atoms with Crippen LogP contribution in [-0.2, 0) is 17.5 Å². The molecule has 0 unspecified atom stereocenters. The van der Waals surface area contributed by atoms with Crippen LogP contribution in [0.1, 0.15) is 5.56 Å². The van der Waals surface area contributed by atoms with Crippen LogP contribution in [0.25, 0.3) is 0 Å². The normalized spacial score (nSPS) is 10.9. The summed E-state index contributed by atoms with van der Waals surface area (Å²) in [4.78, 5) is 36.1. The fourth-order valence-corrected chi connectivity index (χ4v) is 2.67. The monoisotopic (exact) mass is 430 g/mol. The van der Waals surface area contributed by atoms with Crippen LogP contribution in [0.4, 0.5) is 35.0 Å². The molecule has 3 amide bonds. The number of rotatable bonds is 5. The third kappa shape index (κ3) is 6.20. The van der Waals surface area contributed by atoms with Gasteiger partial charge >= 0.3 is 12.2 Å². The molecule has 0 atom stereocenters. The van der Waals surface area contributed by atoms with Crippen molar-refractivity contribution in [1.29, 1.82) is 0 Å². The average molecular weight is 430 g/mol. The van der Waals surface area contributed by atoms with E-state index in [-0.39, 0.29) is 0 Å². The van der Waals surface area contributed by atoms with Gasteiger partial charge in [0.05, 0.1) is 5.56 Å². The van der Waals surface area contributed by atoms with Gasteiger partial charge < -0.3 is 20.5 Å². The van der Waals surface area contributed by atoms with E-state index in [1.165, 1.54) is 12.1 Å². The molecule has 1 heterocycles. The van der Waals surface area contributed by atoms with Crippen molar-refractivity contribution < 1.29 is 22.8 Å². The van der Waals surface area contributed by atoms with Crippen molar-refractivity contribution in [3.63, 3.8) is 0 Å². The zero-order valence-electron chi connectivity index (χ0n) is 15.9. The maximum absolute atomic E-state index is 12.8. The van der Waals surface area contributed by atoms with E-state index in [0.29, 0.717) is 33.9 Å². The first kappa shape index (κ1) is 21.6. The molecular formula is C21H17F3N4O3. The van der Waals surface area contributed by atoms with Gasteiger partial charge in [0.1, 0.15) is 6.54 Å². The molecule has 0 fully saturated rings. The summed E-state index contributed by atoms with van der Waals surface area (Å²) >= 11 is 0. The largest absolute Gasteiger partial charge is 0.417 e. The number of halogens is 3. The van der Waals surface area contributed by atoms with Crippen LogP contribution in [0.3, 0.4) is 0 Å². The lowest BCUT2D eigenvalue weighted by Crippen LogP contribution is -2.28. The number of amides is 3. The molecule has 3 rings (SSSR count). The molecule has 0 radical (unpaired) electrons. The molecule has 0 spiro atoms. The fourth-order valence-electron chi connectivity index (χ4n) is 2.67. The molecule has 0 aliphatic rings. The predicted molar refractivity (Wildman–Crippen MR) is 110 cm³/mol. The molecule has 2 aromatic carbocycles. The molecule has 3 aromatic rings. The molecule has 0 saturated heterocycles. The van der Waals surface area contributed by atoms with Crippen molar-refractivity contribution >= 4 is 29.0 Å². The van der Waals surface area contributed by atoms with Gasteiger partial charge in [-0.1, -0.05) is 24.3 Å². The molecular weight excluding hydrogens is 413 g/mol. The minimum Gasteiger partial charge on any atom is -0.324 e. The Morgan fingerprint density at radius 3 is 2.10 bits per heavy atom. The summed E-state index contributed by atoms with van der Waals surface area (Å²) in [7, 11) is 0. The van der Waals surface area contributed by atoms with Crippen LogP contribution in [0, 0.1) is 0 Å². The molecule has 0 aliphatic carbocycles. The highest BCUT2D eigenvalue weighted by atomic mass is 19.4. The number of benzene rings is 2. The van der Waals surface area contributed by atoms with E-state index >= 15 is 0 Å². The number of aromatic nitrogens is 1. The van der Waals surface area contributed by atoms with Gasteiger partial charge in [-0.2, -0.15) is 13.2 Å². The lowest BCUT2D eigenvalue weighted by atomic mass is 10.2. The van der Waals surface area contributed by atoms with E-state index in [4.69, 9.17) is 0 Å². The molecule has 3 N–H and O–H groups in total. The van der Waals surface area contributed by atoms with E-state index in [0.717, 1.165) is 6.07 Å². The molecule has 0 saturated carbocycles. The number of carbonyl (C=O) groups is 2. The van der Waals surface area contributed by atoms with E-state index < -0.39 is 35.8 Å². The Kier molecular flexibility index (Phi) is 6.39. The second-order valence-corrected chi connectivity index (χ2v) is 6.46. The second kappa shape index (κ2) is 9.16. The number of hydrogen-bond donors (Lipinski definition) is 3. The lowest BCUT2D eigenvalue weighted by Gasteiger charge is -2.12. The van der Waals surface area contributed by atoms with Gasteiger partial charge in [-0.25, -0.2) is 4.79 Å². The summed E-state index contributed by atoms with van der Waals surface area (Å²) in [6.07, 6.45) is -4.04. The standard InChI is InChI=1S/C21H17F3N4O3/c22-21(23,24)14-9-10-19(30)28(12-14)13-18(29)25-16-7-4-8-17(11-16)27-20(31)26-15-5-2-1-3-6-15/h1-12H,13H2,(H,25,29)(H2,26,27,31). The number of urea groups is 1. The Morgan fingerprint density at radius 1 is 0.806 bits per heavy atom. The minimum atomic E-state index is -4.63. The fraction of sp³-hybridized carbons (Fsp3) is 0.0952. The quantitative estimate of drug-likeness (QED) is 0.568. The summed E-state index contributed by atoms with van der Waals surface area (Å²) in [5.74, 6) is -0.702. The van der Waals surface area contributed by atoms with E-state index in [1.54, 1.807) is 36.4 Å².